The first-order valence-corrected chi connectivity index (χ1v) is 27.3. The molecule has 0 radical (unpaired) electrons. The monoisotopic (exact) mass is 972 g/mol. The smallest absolute Gasteiger partial charge is 0.250 e. The third-order valence-electron chi connectivity index (χ3n) is 16.8. The minimum Gasteiger partial charge on any atom is -0.312 e. The summed E-state index contributed by atoms with van der Waals surface area (Å²) in [6.07, 6.45) is 0. The molecule has 0 fully saturated rings. The quantitative estimate of drug-likeness (QED) is 0.154. The van der Waals surface area contributed by atoms with Gasteiger partial charge in [-0.05, 0) is 155 Å². The Morgan fingerprint density at radius 3 is 0.920 bits per heavy atom. The van der Waals surface area contributed by atoms with Gasteiger partial charge in [0, 0.05) is 51.2 Å². The van der Waals surface area contributed by atoms with Crippen molar-refractivity contribution in [2.24, 2.45) is 0 Å². The number of nitrogens with zero attached hydrogens (tertiary/aromatic N) is 3. The van der Waals surface area contributed by atoms with Crippen LogP contribution in [0.15, 0.2) is 188 Å². The van der Waals surface area contributed by atoms with Gasteiger partial charge < -0.3 is 14.7 Å². The zero-order valence-electron chi connectivity index (χ0n) is 45.9. The number of hydrogen-bond acceptors (Lipinski definition) is 3. The van der Waals surface area contributed by atoms with E-state index in [0.717, 1.165) is 22.7 Å². The average Bonchev–Trinajstić information content (AvgIpc) is 4.06. The fraction of sp³-hybridized carbons (Fsp3) is 0.229. The van der Waals surface area contributed by atoms with Crippen LogP contribution in [0.25, 0.3) is 22.3 Å². The maximum absolute atomic E-state index is 2.79. The summed E-state index contributed by atoms with van der Waals surface area (Å²) in [5.41, 5.74) is 29.5. The largest absolute Gasteiger partial charge is 0.312 e. The second kappa shape index (κ2) is 16.5. The molecule has 0 aromatic heterocycles. The van der Waals surface area contributed by atoms with Crippen LogP contribution in [0.1, 0.15) is 105 Å². The topological polar surface area (TPSA) is 9.72 Å². The summed E-state index contributed by atoms with van der Waals surface area (Å²) >= 11 is 0. The summed E-state index contributed by atoms with van der Waals surface area (Å²) in [4.78, 5) is 7.92. The van der Waals surface area contributed by atoms with Crippen molar-refractivity contribution in [1.82, 2.24) is 0 Å². The van der Waals surface area contributed by atoms with Crippen LogP contribution in [0.3, 0.4) is 0 Å². The van der Waals surface area contributed by atoms with Crippen LogP contribution in [0.5, 0.6) is 0 Å². The van der Waals surface area contributed by atoms with E-state index < -0.39 is 0 Å². The van der Waals surface area contributed by atoms with Crippen LogP contribution in [-0.2, 0) is 21.7 Å². The van der Waals surface area contributed by atoms with Crippen molar-refractivity contribution in [3.8, 4) is 22.3 Å². The number of anilines is 9. The van der Waals surface area contributed by atoms with Crippen LogP contribution in [0.4, 0.5) is 51.2 Å². The number of hydrogen-bond donors (Lipinski definition) is 0. The Labute approximate surface area is 447 Å². The number of benzene rings is 9. The van der Waals surface area contributed by atoms with Gasteiger partial charge in [0.05, 0.1) is 0 Å². The number of fused-ring (bicyclic) bond motifs is 10. The third-order valence-corrected chi connectivity index (χ3v) is 16.8. The summed E-state index contributed by atoms with van der Waals surface area (Å²) in [5, 5.41) is 0. The van der Waals surface area contributed by atoms with E-state index in [-0.39, 0.29) is 35.1 Å². The predicted molar refractivity (Wildman–Crippen MR) is 325 cm³/mol. The van der Waals surface area contributed by atoms with Crippen LogP contribution in [0.2, 0.25) is 0 Å². The van der Waals surface area contributed by atoms with Gasteiger partial charge in [0.25, 0.3) is 13.4 Å². The minimum absolute atomic E-state index is 0.0308. The van der Waals surface area contributed by atoms with Gasteiger partial charge in [-0.3, -0.25) is 0 Å². The molecule has 0 N–H and O–H groups in total. The molecule has 75 heavy (non-hydrogen) atoms. The van der Waals surface area contributed by atoms with Crippen molar-refractivity contribution in [3.05, 3.63) is 210 Å². The van der Waals surface area contributed by atoms with Gasteiger partial charge in [0.1, 0.15) is 0 Å². The van der Waals surface area contributed by atoms with Crippen LogP contribution < -0.4 is 47.5 Å². The standard InChI is InChI=1S/C70H67B2N3/c1-67(2,3)44-33-35-56-52(37-44)54-39-46(69(7,8)9)41-58-62(54)71(56)64-60(73(48-25-17-13-18-26-48)49-27-19-14-20-28-49)43-61(74(50-29-21-15-22-30-50)51-31-23-16-24-32-51)65-66(64)75(58)59-42-47(70(10,11)12)40-55-53-38-45(68(4,5)6)34-36-57(53)72(65)63(55)59/h13-43H,1-12H3. The molecule has 4 heterocycles. The van der Waals surface area contributed by atoms with Crippen molar-refractivity contribution in [1.29, 1.82) is 0 Å². The summed E-state index contributed by atoms with van der Waals surface area (Å²) in [6, 6.07) is 72.3. The normalized spacial score (nSPS) is 13.8. The maximum atomic E-state index is 2.79. The second-order valence-electron chi connectivity index (χ2n) is 25.8. The van der Waals surface area contributed by atoms with Crippen LogP contribution >= 0.6 is 0 Å². The van der Waals surface area contributed by atoms with Crippen molar-refractivity contribution in [2.45, 2.75) is 105 Å². The highest BCUT2D eigenvalue weighted by Crippen LogP contribution is 2.52. The van der Waals surface area contributed by atoms with Crippen LogP contribution in [0, 0.1) is 0 Å². The molecule has 9 aromatic rings. The third kappa shape index (κ3) is 7.32. The Morgan fingerprint density at radius 2 is 0.613 bits per heavy atom. The molecule has 9 aromatic carbocycles. The van der Waals surface area contributed by atoms with E-state index in [2.05, 4.69) is 286 Å². The lowest BCUT2D eigenvalue weighted by Gasteiger charge is -2.47. The number of rotatable bonds is 6. The first-order valence-electron chi connectivity index (χ1n) is 27.3. The van der Waals surface area contributed by atoms with E-state index in [9.17, 15) is 0 Å². The van der Waals surface area contributed by atoms with E-state index in [1.807, 2.05) is 0 Å². The fourth-order valence-electron chi connectivity index (χ4n) is 12.9. The molecule has 0 bridgehead atoms. The van der Waals surface area contributed by atoms with E-state index in [4.69, 9.17) is 0 Å². The predicted octanol–water partition coefficient (Wildman–Crippen LogP) is 14.9. The zero-order valence-corrected chi connectivity index (χ0v) is 45.9. The summed E-state index contributed by atoms with van der Waals surface area (Å²) < 4.78 is 0. The minimum atomic E-state index is -0.122. The Kier molecular flexibility index (Phi) is 10.4. The zero-order chi connectivity index (χ0) is 52.1. The lowest BCUT2D eigenvalue weighted by atomic mass is 9.31. The molecule has 5 heteroatoms. The average molecular weight is 972 g/mol. The molecule has 0 atom stereocenters. The van der Waals surface area contributed by atoms with Crippen molar-refractivity contribution in [3.63, 3.8) is 0 Å². The lowest BCUT2D eigenvalue weighted by Crippen LogP contribution is -2.64. The van der Waals surface area contributed by atoms with Gasteiger partial charge in [-0.15, -0.1) is 0 Å². The van der Waals surface area contributed by atoms with Gasteiger partial charge in [-0.1, -0.05) is 215 Å². The van der Waals surface area contributed by atoms with E-state index in [1.54, 1.807) is 0 Å². The molecule has 0 unspecified atom stereocenters. The van der Waals surface area contributed by atoms with Crippen molar-refractivity contribution in [2.75, 3.05) is 14.7 Å². The molecule has 3 nitrogen and oxygen atoms in total. The second-order valence-corrected chi connectivity index (χ2v) is 25.8. The maximum Gasteiger partial charge on any atom is 0.250 e. The lowest BCUT2D eigenvalue weighted by molar-refractivity contribution is 0.589. The molecular weight excluding hydrogens is 904 g/mol. The molecule has 0 spiro atoms. The SMILES string of the molecule is CC(C)(C)c1ccc2c(c1)-c1cc(C(C)(C)C)cc3c1B2c1c(N(c2ccccc2)c2ccccc2)cc(N(c2ccccc2)c2ccccc2)c2c1N3c1cc(C(C)(C)C)cc3c1B2c1ccc(C(C)(C)C)cc1-3. The van der Waals surface area contributed by atoms with Crippen molar-refractivity contribution >= 4 is 97.4 Å². The molecule has 4 aliphatic heterocycles. The molecule has 0 saturated heterocycles. The molecule has 4 aliphatic rings. The first kappa shape index (κ1) is 47.2. The Balaban J connectivity index is 1.29. The summed E-state index contributed by atoms with van der Waals surface area (Å²) in [5.74, 6) is 0. The highest BCUT2D eigenvalue weighted by Gasteiger charge is 2.53. The molecule has 13 rings (SSSR count). The van der Waals surface area contributed by atoms with Gasteiger partial charge >= 0.3 is 0 Å². The summed E-state index contributed by atoms with van der Waals surface area (Å²) in [6.45, 7) is 28.4. The number of para-hydroxylation sites is 4. The first-order chi connectivity index (χ1) is 35.8. The highest BCUT2D eigenvalue weighted by molar-refractivity contribution is 7.06. The Morgan fingerprint density at radius 1 is 0.307 bits per heavy atom. The van der Waals surface area contributed by atoms with Gasteiger partial charge in [-0.25, -0.2) is 0 Å². The Hall–Kier alpha value is -7.49. The molecular formula is C70H67B2N3. The summed E-state index contributed by atoms with van der Waals surface area (Å²) in [7, 11) is 0. The van der Waals surface area contributed by atoms with E-state index >= 15 is 0 Å². The van der Waals surface area contributed by atoms with E-state index in [1.165, 1.54) is 106 Å². The van der Waals surface area contributed by atoms with E-state index in [0.29, 0.717) is 0 Å². The molecule has 0 aliphatic carbocycles. The van der Waals surface area contributed by atoms with Gasteiger partial charge in [-0.2, -0.15) is 0 Å². The Bertz CT molecular complexity index is 3440. The van der Waals surface area contributed by atoms with Crippen LogP contribution in [-0.4, -0.2) is 13.4 Å². The fourth-order valence-corrected chi connectivity index (χ4v) is 12.9. The van der Waals surface area contributed by atoms with Gasteiger partial charge in [0.2, 0.25) is 0 Å². The molecule has 0 saturated carbocycles. The molecule has 368 valence electrons. The molecule has 0 amide bonds. The van der Waals surface area contributed by atoms with Gasteiger partial charge in [0.15, 0.2) is 0 Å². The van der Waals surface area contributed by atoms with Crippen molar-refractivity contribution < 1.29 is 0 Å². The highest BCUT2D eigenvalue weighted by atomic mass is 15.2.